The number of carboxylic acid groups (broad SMARTS) is 1. The summed E-state index contributed by atoms with van der Waals surface area (Å²) in [5, 5.41) is 11.5. The number of benzene rings is 1. The summed E-state index contributed by atoms with van der Waals surface area (Å²) in [6.07, 6.45) is 3.56. The topological polar surface area (TPSA) is 66.4 Å². The van der Waals surface area contributed by atoms with Crippen LogP contribution in [-0.2, 0) is 22.4 Å². The minimum atomic E-state index is -0.799. The van der Waals surface area contributed by atoms with Crippen LogP contribution < -0.4 is 5.32 Å². The van der Waals surface area contributed by atoms with Gasteiger partial charge in [0.05, 0.1) is 0 Å². The van der Waals surface area contributed by atoms with E-state index in [0.717, 1.165) is 12.8 Å². The Kier molecular flexibility index (Phi) is 4.55. The molecule has 0 atom stereocenters. The lowest BCUT2D eigenvalue weighted by Crippen LogP contribution is -2.35. The van der Waals surface area contributed by atoms with Gasteiger partial charge in [0.25, 0.3) is 0 Å². The van der Waals surface area contributed by atoms with Crippen molar-refractivity contribution in [1.29, 1.82) is 0 Å². The lowest BCUT2D eigenvalue weighted by molar-refractivity contribution is -0.137. The molecular weight excluding hydrogens is 242 g/mol. The number of carbonyl (C=O) groups excluding carboxylic acids is 1. The number of carbonyl (C=O) groups is 2. The zero-order valence-electron chi connectivity index (χ0n) is 10.9. The summed E-state index contributed by atoms with van der Waals surface area (Å²) in [4.78, 5) is 22.1. The monoisotopic (exact) mass is 261 g/mol. The molecule has 19 heavy (non-hydrogen) atoms. The van der Waals surface area contributed by atoms with E-state index < -0.39 is 5.97 Å². The summed E-state index contributed by atoms with van der Waals surface area (Å²) in [6.45, 7) is 0. The lowest BCUT2D eigenvalue weighted by atomic mass is 10.1. The first-order valence-electron chi connectivity index (χ1n) is 6.73. The molecular formula is C15H19NO3. The van der Waals surface area contributed by atoms with Crippen molar-refractivity contribution in [3.05, 3.63) is 35.4 Å². The highest BCUT2D eigenvalue weighted by Gasteiger charge is 2.21. The Morgan fingerprint density at radius 1 is 1.11 bits per heavy atom. The molecule has 4 nitrogen and oxygen atoms in total. The molecule has 0 fully saturated rings. The molecule has 1 aliphatic carbocycles. The summed E-state index contributed by atoms with van der Waals surface area (Å²) in [5.74, 6) is -0.769. The van der Waals surface area contributed by atoms with Gasteiger partial charge in [0.1, 0.15) is 0 Å². The van der Waals surface area contributed by atoms with E-state index in [2.05, 4.69) is 17.4 Å². The van der Waals surface area contributed by atoms with E-state index in [1.54, 1.807) is 0 Å². The first-order valence-corrected chi connectivity index (χ1v) is 6.73. The standard InChI is InChI=1S/C15H19NO3/c17-14(7-3-4-8-15(18)19)16-13-9-11-5-1-2-6-12(11)10-13/h1-2,5-6,13H,3-4,7-10H2,(H,16,17)(H,18,19). The SMILES string of the molecule is O=C(O)CCCCC(=O)NC1Cc2ccccc2C1. The predicted molar refractivity (Wildman–Crippen MR) is 71.9 cm³/mol. The van der Waals surface area contributed by atoms with Gasteiger partial charge in [0, 0.05) is 18.9 Å². The average Bonchev–Trinajstić information content (AvgIpc) is 2.76. The van der Waals surface area contributed by atoms with Gasteiger partial charge in [0.15, 0.2) is 0 Å². The summed E-state index contributed by atoms with van der Waals surface area (Å²) in [5.41, 5.74) is 2.64. The van der Waals surface area contributed by atoms with E-state index in [4.69, 9.17) is 5.11 Å². The highest BCUT2D eigenvalue weighted by Crippen LogP contribution is 2.21. The van der Waals surface area contributed by atoms with Crippen molar-refractivity contribution in [1.82, 2.24) is 5.32 Å². The molecule has 1 aromatic carbocycles. The fourth-order valence-electron chi connectivity index (χ4n) is 2.52. The van der Waals surface area contributed by atoms with Gasteiger partial charge in [-0.05, 0) is 36.8 Å². The fourth-order valence-corrected chi connectivity index (χ4v) is 2.52. The zero-order valence-corrected chi connectivity index (χ0v) is 10.9. The highest BCUT2D eigenvalue weighted by molar-refractivity contribution is 5.76. The first-order chi connectivity index (χ1) is 9.15. The number of fused-ring (bicyclic) bond motifs is 1. The number of rotatable bonds is 6. The third kappa shape index (κ3) is 4.09. The Morgan fingerprint density at radius 2 is 1.68 bits per heavy atom. The molecule has 102 valence electrons. The summed E-state index contributed by atoms with van der Waals surface area (Å²) < 4.78 is 0. The van der Waals surface area contributed by atoms with Gasteiger partial charge in [-0.25, -0.2) is 0 Å². The molecule has 1 amide bonds. The van der Waals surface area contributed by atoms with E-state index in [1.165, 1.54) is 11.1 Å². The van der Waals surface area contributed by atoms with Gasteiger partial charge in [-0.2, -0.15) is 0 Å². The molecule has 0 saturated carbocycles. The number of carboxylic acids is 1. The molecule has 0 aromatic heterocycles. The maximum absolute atomic E-state index is 11.7. The van der Waals surface area contributed by atoms with Crippen LogP contribution in [0.15, 0.2) is 24.3 Å². The normalized spacial score (nSPS) is 14.1. The van der Waals surface area contributed by atoms with E-state index in [9.17, 15) is 9.59 Å². The number of hydrogen-bond donors (Lipinski definition) is 2. The van der Waals surface area contributed by atoms with Gasteiger partial charge in [-0.3, -0.25) is 9.59 Å². The van der Waals surface area contributed by atoms with Gasteiger partial charge >= 0.3 is 5.97 Å². The molecule has 2 rings (SSSR count). The molecule has 2 N–H and O–H groups in total. The van der Waals surface area contributed by atoms with Crippen molar-refractivity contribution in [2.75, 3.05) is 0 Å². The van der Waals surface area contributed by atoms with Crippen LogP contribution in [0, 0.1) is 0 Å². The highest BCUT2D eigenvalue weighted by atomic mass is 16.4. The van der Waals surface area contributed by atoms with Crippen LogP contribution in [0.2, 0.25) is 0 Å². The van der Waals surface area contributed by atoms with Crippen molar-refractivity contribution in [2.45, 2.75) is 44.6 Å². The number of hydrogen-bond acceptors (Lipinski definition) is 2. The maximum Gasteiger partial charge on any atom is 0.303 e. The molecule has 0 radical (unpaired) electrons. The smallest absolute Gasteiger partial charge is 0.303 e. The number of aliphatic carboxylic acids is 1. The van der Waals surface area contributed by atoms with Crippen LogP contribution >= 0.6 is 0 Å². The number of nitrogens with one attached hydrogen (secondary N) is 1. The van der Waals surface area contributed by atoms with Crippen LogP contribution in [0.5, 0.6) is 0 Å². The average molecular weight is 261 g/mol. The van der Waals surface area contributed by atoms with E-state index in [-0.39, 0.29) is 18.4 Å². The summed E-state index contributed by atoms with van der Waals surface area (Å²) in [7, 11) is 0. The van der Waals surface area contributed by atoms with E-state index >= 15 is 0 Å². The molecule has 1 aromatic rings. The van der Waals surface area contributed by atoms with Crippen LogP contribution in [0.1, 0.15) is 36.8 Å². The van der Waals surface area contributed by atoms with E-state index in [1.807, 2.05) is 12.1 Å². The molecule has 4 heteroatoms. The molecule has 0 heterocycles. The third-order valence-electron chi connectivity index (χ3n) is 3.46. The predicted octanol–water partition coefficient (Wildman–Crippen LogP) is 1.91. The Morgan fingerprint density at radius 3 is 2.26 bits per heavy atom. The van der Waals surface area contributed by atoms with Crippen molar-refractivity contribution < 1.29 is 14.7 Å². The van der Waals surface area contributed by atoms with Crippen LogP contribution in [0.25, 0.3) is 0 Å². The van der Waals surface area contributed by atoms with Crippen molar-refractivity contribution in [2.24, 2.45) is 0 Å². The Labute approximate surface area is 112 Å². The minimum Gasteiger partial charge on any atom is -0.481 e. The van der Waals surface area contributed by atoms with Crippen LogP contribution in [-0.4, -0.2) is 23.0 Å². The van der Waals surface area contributed by atoms with Gasteiger partial charge < -0.3 is 10.4 Å². The second-order valence-electron chi connectivity index (χ2n) is 5.04. The van der Waals surface area contributed by atoms with Gasteiger partial charge in [-0.1, -0.05) is 24.3 Å². The molecule has 0 saturated heterocycles. The van der Waals surface area contributed by atoms with Crippen LogP contribution in [0.3, 0.4) is 0 Å². The maximum atomic E-state index is 11.7. The molecule has 0 unspecified atom stereocenters. The van der Waals surface area contributed by atoms with Gasteiger partial charge in [0.2, 0.25) is 5.91 Å². The van der Waals surface area contributed by atoms with Crippen molar-refractivity contribution in [3.63, 3.8) is 0 Å². The Balaban J connectivity index is 1.69. The van der Waals surface area contributed by atoms with Gasteiger partial charge in [-0.15, -0.1) is 0 Å². The van der Waals surface area contributed by atoms with Crippen molar-refractivity contribution in [3.8, 4) is 0 Å². The van der Waals surface area contributed by atoms with Crippen LogP contribution in [0.4, 0.5) is 0 Å². The largest absolute Gasteiger partial charge is 0.481 e. The second-order valence-corrected chi connectivity index (χ2v) is 5.04. The zero-order chi connectivity index (χ0) is 13.7. The summed E-state index contributed by atoms with van der Waals surface area (Å²) >= 11 is 0. The summed E-state index contributed by atoms with van der Waals surface area (Å²) in [6, 6.07) is 8.46. The first kappa shape index (κ1) is 13.6. The fraction of sp³-hybridized carbons (Fsp3) is 0.467. The molecule has 0 spiro atoms. The van der Waals surface area contributed by atoms with Crippen molar-refractivity contribution >= 4 is 11.9 Å². The number of amides is 1. The quantitative estimate of drug-likeness (QED) is 0.769. The Hall–Kier alpha value is -1.84. The lowest BCUT2D eigenvalue weighted by Gasteiger charge is -2.11. The van der Waals surface area contributed by atoms with E-state index in [0.29, 0.717) is 19.3 Å². The minimum absolute atomic E-state index is 0.0307. The molecule has 1 aliphatic rings. The molecule has 0 aliphatic heterocycles. The third-order valence-corrected chi connectivity index (χ3v) is 3.46. The Bertz CT molecular complexity index is 445. The second kappa shape index (κ2) is 6.36. The number of unbranched alkanes of at least 4 members (excludes halogenated alkanes) is 1. The molecule has 0 bridgehead atoms.